The van der Waals surface area contributed by atoms with Gasteiger partial charge in [0.05, 0.1) is 6.04 Å². The molecule has 4 heteroatoms. The molecule has 0 radical (unpaired) electrons. The normalized spacial score (nSPS) is 13.8. The largest absolute Gasteiger partial charge is 0.354 e. The number of thiophene rings is 1. The van der Waals surface area contributed by atoms with Gasteiger partial charge in [-0.3, -0.25) is 4.79 Å². The summed E-state index contributed by atoms with van der Waals surface area (Å²) >= 11 is 1.73. The van der Waals surface area contributed by atoms with E-state index in [4.69, 9.17) is 0 Å². The van der Waals surface area contributed by atoms with Gasteiger partial charge < -0.3 is 10.2 Å². The number of carbonyl (C=O) groups is 1. The summed E-state index contributed by atoms with van der Waals surface area (Å²) in [4.78, 5) is 15.7. The molecule has 0 fully saturated rings. The lowest BCUT2D eigenvalue weighted by Crippen LogP contribution is -2.37. The summed E-state index contributed by atoms with van der Waals surface area (Å²) in [5, 5.41) is 5.17. The monoisotopic (exact) mass is 316 g/mol. The van der Waals surface area contributed by atoms with E-state index in [-0.39, 0.29) is 17.9 Å². The van der Waals surface area contributed by atoms with Gasteiger partial charge in [0.2, 0.25) is 5.91 Å². The van der Waals surface area contributed by atoms with Gasteiger partial charge in [0.15, 0.2) is 0 Å². The molecule has 0 spiro atoms. The van der Waals surface area contributed by atoms with Crippen molar-refractivity contribution in [1.29, 1.82) is 0 Å². The molecular weight excluding hydrogens is 292 g/mol. The van der Waals surface area contributed by atoms with E-state index in [1.165, 1.54) is 10.4 Å². The van der Waals surface area contributed by atoms with Crippen molar-refractivity contribution < 1.29 is 4.79 Å². The van der Waals surface area contributed by atoms with E-state index in [9.17, 15) is 4.79 Å². The van der Waals surface area contributed by atoms with E-state index in [0.717, 1.165) is 6.42 Å². The van der Waals surface area contributed by atoms with Crippen molar-refractivity contribution in [2.75, 3.05) is 20.6 Å². The first kappa shape index (κ1) is 16.7. The number of hydrogen-bond acceptors (Lipinski definition) is 3. The molecule has 1 aromatic heterocycles. The van der Waals surface area contributed by atoms with Crippen LogP contribution in [0.3, 0.4) is 0 Å². The maximum atomic E-state index is 12.3. The van der Waals surface area contributed by atoms with E-state index >= 15 is 0 Å². The first-order chi connectivity index (χ1) is 10.6. The van der Waals surface area contributed by atoms with E-state index in [2.05, 4.69) is 39.9 Å². The van der Waals surface area contributed by atoms with E-state index in [1.54, 1.807) is 11.3 Å². The smallest absolute Gasteiger partial charge is 0.223 e. The second-order valence-corrected chi connectivity index (χ2v) is 6.81. The predicted octanol–water partition coefficient (Wildman–Crippen LogP) is 3.35. The lowest BCUT2D eigenvalue weighted by molar-refractivity contribution is -0.124. The molecule has 1 amide bonds. The van der Waals surface area contributed by atoms with Crippen molar-refractivity contribution in [3.05, 3.63) is 58.3 Å². The fourth-order valence-corrected chi connectivity index (χ4v) is 3.37. The number of nitrogens with zero attached hydrogens (tertiary/aromatic N) is 1. The Morgan fingerprint density at radius 1 is 1.18 bits per heavy atom. The Balaban J connectivity index is 1.88. The first-order valence-corrected chi connectivity index (χ1v) is 8.47. The van der Waals surface area contributed by atoms with E-state index in [1.807, 2.05) is 39.2 Å². The lowest BCUT2D eigenvalue weighted by Gasteiger charge is -2.24. The Morgan fingerprint density at radius 3 is 2.50 bits per heavy atom. The Labute approximate surface area is 137 Å². The van der Waals surface area contributed by atoms with Gasteiger partial charge in [0, 0.05) is 17.3 Å². The van der Waals surface area contributed by atoms with Gasteiger partial charge in [0.1, 0.15) is 0 Å². The van der Waals surface area contributed by atoms with Crippen molar-refractivity contribution in [2.24, 2.45) is 5.92 Å². The summed E-state index contributed by atoms with van der Waals surface area (Å²) in [6.07, 6.45) is 0.776. The molecule has 1 aromatic carbocycles. The van der Waals surface area contributed by atoms with Crippen molar-refractivity contribution in [2.45, 2.75) is 19.4 Å². The summed E-state index contributed by atoms with van der Waals surface area (Å²) < 4.78 is 0. The molecule has 2 rings (SSSR count). The minimum absolute atomic E-state index is 0.0199. The fraction of sp³-hybridized carbons (Fsp3) is 0.389. The van der Waals surface area contributed by atoms with Crippen molar-refractivity contribution in [1.82, 2.24) is 10.2 Å². The second kappa shape index (κ2) is 8.11. The molecule has 118 valence electrons. The molecule has 1 heterocycles. The number of benzene rings is 1. The molecule has 2 atom stereocenters. The third-order valence-corrected chi connectivity index (χ3v) is 4.77. The highest BCUT2D eigenvalue weighted by molar-refractivity contribution is 7.10. The lowest BCUT2D eigenvalue weighted by atomic mass is 10.0. The van der Waals surface area contributed by atoms with Gasteiger partial charge in [-0.25, -0.2) is 0 Å². The second-order valence-electron chi connectivity index (χ2n) is 5.83. The van der Waals surface area contributed by atoms with Crippen LogP contribution in [0.15, 0.2) is 47.8 Å². The number of nitrogens with one attached hydrogen (secondary N) is 1. The van der Waals surface area contributed by atoms with Crippen molar-refractivity contribution in [3.8, 4) is 0 Å². The van der Waals surface area contributed by atoms with Gasteiger partial charge in [-0.2, -0.15) is 0 Å². The number of hydrogen-bond donors (Lipinski definition) is 1. The van der Waals surface area contributed by atoms with Crippen LogP contribution in [-0.2, 0) is 11.2 Å². The molecule has 1 N–H and O–H groups in total. The molecule has 0 bridgehead atoms. The van der Waals surface area contributed by atoms with Gasteiger partial charge in [0.25, 0.3) is 0 Å². The van der Waals surface area contributed by atoms with Crippen LogP contribution in [0.1, 0.15) is 23.4 Å². The SMILES string of the molecule is CC(Cc1ccccc1)C(=O)NCC(c1cccs1)N(C)C. The van der Waals surface area contributed by atoms with Crippen LogP contribution in [0, 0.1) is 5.92 Å². The van der Waals surface area contributed by atoms with Crippen LogP contribution in [-0.4, -0.2) is 31.4 Å². The minimum atomic E-state index is -0.0199. The summed E-state index contributed by atoms with van der Waals surface area (Å²) in [7, 11) is 4.09. The number of carbonyl (C=O) groups excluding carboxylic acids is 1. The maximum Gasteiger partial charge on any atom is 0.223 e. The van der Waals surface area contributed by atoms with Gasteiger partial charge in [-0.1, -0.05) is 43.3 Å². The highest BCUT2D eigenvalue weighted by Gasteiger charge is 2.18. The predicted molar refractivity (Wildman–Crippen MR) is 93.1 cm³/mol. The van der Waals surface area contributed by atoms with E-state index in [0.29, 0.717) is 6.54 Å². The quantitative estimate of drug-likeness (QED) is 0.849. The van der Waals surface area contributed by atoms with Crippen LogP contribution in [0.25, 0.3) is 0 Å². The van der Waals surface area contributed by atoms with Crippen molar-refractivity contribution >= 4 is 17.2 Å². The van der Waals surface area contributed by atoms with Gasteiger partial charge >= 0.3 is 0 Å². The zero-order valence-corrected chi connectivity index (χ0v) is 14.3. The molecule has 2 unspecified atom stereocenters. The Kier molecular flexibility index (Phi) is 6.16. The molecule has 0 aliphatic rings. The van der Waals surface area contributed by atoms with Crippen LogP contribution >= 0.6 is 11.3 Å². The highest BCUT2D eigenvalue weighted by atomic mass is 32.1. The van der Waals surface area contributed by atoms with Crippen LogP contribution in [0.2, 0.25) is 0 Å². The standard InChI is InChI=1S/C18H24N2OS/c1-14(12-15-8-5-4-6-9-15)18(21)19-13-16(20(2)3)17-10-7-11-22-17/h4-11,14,16H,12-13H2,1-3H3,(H,19,21). The first-order valence-electron chi connectivity index (χ1n) is 7.59. The molecular formula is C18H24N2OS. The average Bonchev–Trinajstić information content (AvgIpc) is 3.02. The molecule has 2 aromatic rings. The van der Waals surface area contributed by atoms with Crippen molar-refractivity contribution in [3.63, 3.8) is 0 Å². The third kappa shape index (κ3) is 4.68. The Bertz CT molecular complexity index is 566. The summed E-state index contributed by atoms with van der Waals surface area (Å²) in [6, 6.07) is 14.6. The van der Waals surface area contributed by atoms with E-state index < -0.39 is 0 Å². The number of likely N-dealkylation sites (N-methyl/N-ethyl adjacent to an activating group) is 1. The number of rotatable bonds is 7. The zero-order chi connectivity index (χ0) is 15.9. The zero-order valence-electron chi connectivity index (χ0n) is 13.5. The van der Waals surface area contributed by atoms with Crippen LogP contribution < -0.4 is 5.32 Å². The number of amides is 1. The fourth-order valence-electron chi connectivity index (χ4n) is 2.45. The topological polar surface area (TPSA) is 32.3 Å². The average molecular weight is 316 g/mol. The Morgan fingerprint density at radius 2 is 1.91 bits per heavy atom. The molecule has 22 heavy (non-hydrogen) atoms. The highest BCUT2D eigenvalue weighted by Crippen LogP contribution is 2.22. The summed E-state index contributed by atoms with van der Waals surface area (Å²) in [5.41, 5.74) is 1.20. The maximum absolute atomic E-state index is 12.3. The molecule has 3 nitrogen and oxygen atoms in total. The molecule has 0 saturated carbocycles. The Hall–Kier alpha value is -1.65. The van der Waals surface area contributed by atoms with Gasteiger partial charge in [-0.05, 0) is 37.5 Å². The van der Waals surface area contributed by atoms with Gasteiger partial charge in [-0.15, -0.1) is 11.3 Å². The molecule has 0 aliphatic carbocycles. The third-order valence-electron chi connectivity index (χ3n) is 3.80. The molecule has 0 saturated heterocycles. The van der Waals surface area contributed by atoms with Crippen LogP contribution in [0.5, 0.6) is 0 Å². The minimum Gasteiger partial charge on any atom is -0.354 e. The summed E-state index contributed by atoms with van der Waals surface area (Å²) in [6.45, 7) is 2.63. The molecule has 0 aliphatic heterocycles. The summed E-state index contributed by atoms with van der Waals surface area (Å²) in [5.74, 6) is 0.0980. The van der Waals surface area contributed by atoms with Crippen LogP contribution in [0.4, 0.5) is 0 Å².